The number of ether oxygens (including phenoxy) is 2. The second kappa shape index (κ2) is 9.12. The fourth-order valence-electron chi connectivity index (χ4n) is 2.00. The zero-order chi connectivity index (χ0) is 18.1. The molecular formula is C19H20N2O4. The number of amides is 2. The van der Waals surface area contributed by atoms with Crippen LogP contribution in [0.3, 0.4) is 0 Å². The highest BCUT2D eigenvalue weighted by atomic mass is 16.5. The van der Waals surface area contributed by atoms with Crippen LogP contribution in [-0.2, 0) is 4.74 Å². The molecule has 0 unspecified atom stereocenters. The van der Waals surface area contributed by atoms with E-state index in [0.717, 1.165) is 11.3 Å². The maximum absolute atomic E-state index is 11.8. The molecule has 6 nitrogen and oxygen atoms in total. The molecule has 0 radical (unpaired) electrons. The molecule has 2 aromatic carbocycles. The quantitative estimate of drug-likeness (QED) is 0.787. The Hall–Kier alpha value is -3.28. The summed E-state index contributed by atoms with van der Waals surface area (Å²) in [6.45, 7) is 2.07. The summed E-state index contributed by atoms with van der Waals surface area (Å²) >= 11 is 0. The molecule has 0 saturated carbocycles. The summed E-state index contributed by atoms with van der Waals surface area (Å²) in [5.41, 5.74) is 1.94. The number of hydrogen-bond acceptors (Lipinski definition) is 4. The largest absolute Gasteiger partial charge is 0.497 e. The number of rotatable bonds is 6. The molecule has 2 N–H and O–H groups in total. The van der Waals surface area contributed by atoms with E-state index in [1.54, 1.807) is 50.6 Å². The summed E-state index contributed by atoms with van der Waals surface area (Å²) in [7, 11) is 1.61. The molecule has 2 amide bonds. The fourth-order valence-corrected chi connectivity index (χ4v) is 2.00. The Morgan fingerprint density at radius 3 is 2.32 bits per heavy atom. The normalized spacial score (nSPS) is 10.3. The number of anilines is 1. The van der Waals surface area contributed by atoms with Crippen LogP contribution in [0.2, 0.25) is 0 Å². The van der Waals surface area contributed by atoms with Gasteiger partial charge in [-0.1, -0.05) is 12.1 Å². The first-order valence-electron chi connectivity index (χ1n) is 7.77. The lowest BCUT2D eigenvalue weighted by Crippen LogP contribution is -2.23. The van der Waals surface area contributed by atoms with Crippen LogP contribution in [0.5, 0.6) is 5.75 Å². The van der Waals surface area contributed by atoms with E-state index in [4.69, 9.17) is 9.47 Å². The minimum Gasteiger partial charge on any atom is -0.497 e. The minimum absolute atomic E-state index is 0.321. The van der Waals surface area contributed by atoms with E-state index < -0.39 is 0 Å². The Morgan fingerprint density at radius 1 is 1.04 bits per heavy atom. The molecule has 0 aliphatic rings. The van der Waals surface area contributed by atoms with Crippen molar-refractivity contribution in [3.8, 4) is 5.75 Å². The molecule has 6 heteroatoms. The van der Waals surface area contributed by atoms with Gasteiger partial charge in [-0.15, -0.1) is 0 Å². The number of nitrogens with one attached hydrogen (secondary N) is 2. The van der Waals surface area contributed by atoms with E-state index in [9.17, 15) is 9.59 Å². The smallest absolute Gasteiger partial charge is 0.338 e. The molecule has 0 atom stereocenters. The second-order valence-corrected chi connectivity index (χ2v) is 5.00. The van der Waals surface area contributed by atoms with Crippen molar-refractivity contribution in [3.05, 3.63) is 65.9 Å². The third-order valence-electron chi connectivity index (χ3n) is 3.26. The van der Waals surface area contributed by atoms with Crippen molar-refractivity contribution >= 4 is 23.8 Å². The van der Waals surface area contributed by atoms with Gasteiger partial charge in [-0.05, 0) is 55.0 Å². The van der Waals surface area contributed by atoms with Crippen molar-refractivity contribution in [1.29, 1.82) is 0 Å². The van der Waals surface area contributed by atoms with Crippen LogP contribution in [-0.4, -0.2) is 25.7 Å². The maximum atomic E-state index is 11.8. The summed E-state index contributed by atoms with van der Waals surface area (Å²) in [5, 5.41) is 5.28. The summed E-state index contributed by atoms with van der Waals surface area (Å²) < 4.78 is 9.99. The highest BCUT2D eigenvalue weighted by molar-refractivity contribution is 5.92. The van der Waals surface area contributed by atoms with Crippen molar-refractivity contribution in [3.63, 3.8) is 0 Å². The SMILES string of the molecule is CCOC(=O)c1ccc(NC(=O)N/C=C/c2ccc(OC)cc2)cc1. The zero-order valence-corrected chi connectivity index (χ0v) is 14.1. The third-order valence-corrected chi connectivity index (χ3v) is 3.26. The van der Waals surface area contributed by atoms with Gasteiger partial charge in [0.2, 0.25) is 0 Å². The number of urea groups is 1. The van der Waals surface area contributed by atoms with Crippen molar-refractivity contribution in [2.24, 2.45) is 0 Å². The molecule has 2 rings (SSSR count). The van der Waals surface area contributed by atoms with Crippen LogP contribution in [0.25, 0.3) is 6.08 Å². The number of methoxy groups -OCH3 is 1. The third kappa shape index (κ3) is 5.69. The minimum atomic E-state index is -0.388. The Balaban J connectivity index is 1.85. The predicted molar refractivity (Wildman–Crippen MR) is 96.6 cm³/mol. The molecule has 0 aliphatic carbocycles. The van der Waals surface area contributed by atoms with Crippen LogP contribution in [0.1, 0.15) is 22.8 Å². The van der Waals surface area contributed by atoms with E-state index in [1.165, 1.54) is 0 Å². The van der Waals surface area contributed by atoms with E-state index in [-0.39, 0.29) is 12.0 Å². The lowest BCUT2D eigenvalue weighted by atomic mass is 10.2. The first-order chi connectivity index (χ1) is 12.1. The fraction of sp³-hybridized carbons (Fsp3) is 0.158. The molecule has 0 aliphatic heterocycles. The maximum Gasteiger partial charge on any atom is 0.338 e. The Bertz CT molecular complexity index is 737. The van der Waals surface area contributed by atoms with E-state index in [2.05, 4.69) is 10.6 Å². The second-order valence-electron chi connectivity index (χ2n) is 5.00. The van der Waals surface area contributed by atoms with Crippen molar-refractivity contribution in [2.45, 2.75) is 6.92 Å². The average molecular weight is 340 g/mol. The summed E-state index contributed by atoms with van der Waals surface area (Å²) in [6, 6.07) is 13.5. The summed E-state index contributed by atoms with van der Waals surface area (Å²) in [6.07, 6.45) is 3.31. The molecule has 25 heavy (non-hydrogen) atoms. The van der Waals surface area contributed by atoms with Gasteiger partial charge < -0.3 is 20.1 Å². The Labute approximate surface area is 146 Å². The van der Waals surface area contributed by atoms with Crippen LogP contribution < -0.4 is 15.4 Å². The van der Waals surface area contributed by atoms with Crippen molar-refractivity contribution in [1.82, 2.24) is 5.32 Å². The lowest BCUT2D eigenvalue weighted by Gasteiger charge is -2.06. The van der Waals surface area contributed by atoms with E-state index in [1.807, 2.05) is 24.3 Å². The molecule has 2 aromatic rings. The van der Waals surface area contributed by atoms with E-state index in [0.29, 0.717) is 17.9 Å². The topological polar surface area (TPSA) is 76.7 Å². The van der Waals surface area contributed by atoms with Gasteiger partial charge in [-0.25, -0.2) is 9.59 Å². The van der Waals surface area contributed by atoms with Gasteiger partial charge in [0.1, 0.15) is 5.75 Å². The molecule has 0 fully saturated rings. The van der Waals surface area contributed by atoms with Gasteiger partial charge >= 0.3 is 12.0 Å². The predicted octanol–water partition coefficient (Wildman–Crippen LogP) is 3.66. The number of benzene rings is 2. The number of carbonyl (C=O) groups excluding carboxylic acids is 2. The van der Waals surface area contributed by atoms with Gasteiger partial charge in [0, 0.05) is 11.9 Å². The summed E-state index contributed by atoms with van der Waals surface area (Å²) in [5.74, 6) is 0.384. The lowest BCUT2D eigenvalue weighted by molar-refractivity contribution is 0.0526. The number of hydrogen-bond donors (Lipinski definition) is 2. The van der Waals surface area contributed by atoms with Crippen molar-refractivity contribution in [2.75, 3.05) is 19.0 Å². The highest BCUT2D eigenvalue weighted by Crippen LogP contribution is 2.12. The van der Waals surface area contributed by atoms with Gasteiger partial charge in [0.25, 0.3) is 0 Å². The molecule has 0 spiro atoms. The van der Waals surface area contributed by atoms with Gasteiger partial charge in [0.05, 0.1) is 19.3 Å². The molecular weight excluding hydrogens is 320 g/mol. The monoisotopic (exact) mass is 340 g/mol. The van der Waals surface area contributed by atoms with Crippen molar-refractivity contribution < 1.29 is 19.1 Å². The van der Waals surface area contributed by atoms with Gasteiger partial charge in [-0.2, -0.15) is 0 Å². The van der Waals surface area contributed by atoms with Crippen LogP contribution in [0.15, 0.2) is 54.7 Å². The Kier molecular flexibility index (Phi) is 6.59. The van der Waals surface area contributed by atoms with Crippen LogP contribution in [0, 0.1) is 0 Å². The van der Waals surface area contributed by atoms with Gasteiger partial charge in [-0.3, -0.25) is 0 Å². The summed E-state index contributed by atoms with van der Waals surface area (Å²) in [4.78, 5) is 23.4. The first-order valence-corrected chi connectivity index (χ1v) is 7.77. The highest BCUT2D eigenvalue weighted by Gasteiger charge is 2.06. The standard InChI is InChI=1S/C19H20N2O4/c1-3-25-18(22)15-6-8-16(9-7-15)21-19(23)20-13-12-14-4-10-17(24-2)11-5-14/h4-13H,3H2,1-2H3,(H2,20,21,23)/b13-12+. The molecule has 0 saturated heterocycles. The van der Waals surface area contributed by atoms with E-state index >= 15 is 0 Å². The Morgan fingerprint density at radius 2 is 1.72 bits per heavy atom. The average Bonchev–Trinajstić information content (AvgIpc) is 2.63. The molecule has 0 bridgehead atoms. The number of carbonyl (C=O) groups is 2. The molecule has 0 aromatic heterocycles. The van der Waals surface area contributed by atoms with Crippen LogP contribution >= 0.6 is 0 Å². The first kappa shape index (κ1) is 18.1. The van der Waals surface area contributed by atoms with Crippen LogP contribution in [0.4, 0.5) is 10.5 Å². The number of esters is 1. The van der Waals surface area contributed by atoms with Gasteiger partial charge in [0.15, 0.2) is 0 Å². The zero-order valence-electron chi connectivity index (χ0n) is 14.1. The molecule has 130 valence electrons. The molecule has 0 heterocycles.